The smallest absolute Gasteiger partial charge is 0.250 e. The Kier molecular flexibility index (Phi) is 5.10. The van der Waals surface area contributed by atoms with E-state index in [4.69, 9.17) is 11.6 Å². The highest BCUT2D eigenvalue weighted by Gasteiger charge is 2.15. The number of amides is 1. The van der Waals surface area contributed by atoms with E-state index in [2.05, 4.69) is 21.6 Å². The largest absolute Gasteiger partial charge is 0.272 e. The first-order chi connectivity index (χ1) is 11.2. The molecular weight excluding hydrogens is 330 g/mol. The van der Waals surface area contributed by atoms with Gasteiger partial charge in [0.05, 0.1) is 22.7 Å². The number of hydrogen-bond acceptors (Lipinski definition) is 4. The van der Waals surface area contributed by atoms with E-state index in [9.17, 15) is 4.79 Å². The van der Waals surface area contributed by atoms with Crippen LogP contribution in [0.4, 0.5) is 5.69 Å². The van der Waals surface area contributed by atoms with E-state index < -0.39 is 0 Å². The monoisotopic (exact) mass is 343 g/mol. The number of halogens is 1. The molecule has 0 atom stereocenters. The number of aliphatic imine (C=N–C) groups is 1. The van der Waals surface area contributed by atoms with Crippen molar-refractivity contribution in [2.75, 3.05) is 5.75 Å². The van der Waals surface area contributed by atoms with Crippen LogP contribution in [0.5, 0.6) is 0 Å². The van der Waals surface area contributed by atoms with Crippen LogP contribution < -0.4 is 5.43 Å². The van der Waals surface area contributed by atoms with Gasteiger partial charge in [-0.25, -0.2) is 10.4 Å². The molecule has 1 aliphatic heterocycles. The Hall–Kier alpha value is -2.11. The number of fused-ring (bicyclic) bond motifs is 1. The van der Waals surface area contributed by atoms with Crippen molar-refractivity contribution in [2.45, 2.75) is 6.42 Å². The SMILES string of the molecule is O=C(CSC1=Nc2ccccc2C1)N/N=C/c1ccccc1Cl. The summed E-state index contributed by atoms with van der Waals surface area (Å²) in [6.45, 7) is 0. The minimum atomic E-state index is -0.169. The highest BCUT2D eigenvalue weighted by atomic mass is 35.5. The van der Waals surface area contributed by atoms with E-state index in [1.807, 2.05) is 36.4 Å². The van der Waals surface area contributed by atoms with E-state index in [0.29, 0.717) is 5.02 Å². The Morgan fingerprint density at radius 3 is 2.87 bits per heavy atom. The average Bonchev–Trinajstić information content (AvgIpc) is 2.98. The zero-order valence-electron chi connectivity index (χ0n) is 12.2. The second-order valence-corrected chi connectivity index (χ2v) is 6.37. The molecule has 2 aromatic carbocycles. The fourth-order valence-electron chi connectivity index (χ4n) is 2.12. The van der Waals surface area contributed by atoms with E-state index in [-0.39, 0.29) is 11.7 Å². The van der Waals surface area contributed by atoms with Gasteiger partial charge in [-0.3, -0.25) is 4.79 Å². The van der Waals surface area contributed by atoms with Gasteiger partial charge in [-0.2, -0.15) is 5.10 Å². The molecule has 116 valence electrons. The summed E-state index contributed by atoms with van der Waals surface area (Å²) in [4.78, 5) is 16.3. The summed E-state index contributed by atoms with van der Waals surface area (Å²) in [6, 6.07) is 15.3. The molecule has 23 heavy (non-hydrogen) atoms. The van der Waals surface area contributed by atoms with Crippen molar-refractivity contribution in [1.82, 2.24) is 5.43 Å². The molecule has 6 heteroatoms. The lowest BCUT2D eigenvalue weighted by Crippen LogP contribution is -2.20. The van der Waals surface area contributed by atoms with Gasteiger partial charge in [0.15, 0.2) is 0 Å². The van der Waals surface area contributed by atoms with E-state index >= 15 is 0 Å². The van der Waals surface area contributed by atoms with Crippen molar-refractivity contribution in [2.24, 2.45) is 10.1 Å². The highest BCUT2D eigenvalue weighted by molar-refractivity contribution is 8.14. The Labute approximate surface area is 143 Å². The molecule has 3 rings (SSSR count). The van der Waals surface area contributed by atoms with Gasteiger partial charge < -0.3 is 0 Å². The summed E-state index contributed by atoms with van der Waals surface area (Å²) in [5, 5.41) is 5.48. The topological polar surface area (TPSA) is 53.8 Å². The number of para-hydroxylation sites is 1. The lowest BCUT2D eigenvalue weighted by atomic mass is 10.2. The molecule has 1 heterocycles. The van der Waals surface area contributed by atoms with Crippen molar-refractivity contribution < 1.29 is 4.79 Å². The third-order valence-electron chi connectivity index (χ3n) is 3.25. The fraction of sp³-hybridized carbons (Fsp3) is 0.118. The molecular formula is C17H14ClN3OS. The molecule has 0 radical (unpaired) electrons. The van der Waals surface area contributed by atoms with E-state index in [1.54, 1.807) is 6.07 Å². The molecule has 4 nitrogen and oxygen atoms in total. The Balaban J connectivity index is 1.47. The maximum atomic E-state index is 11.8. The first-order valence-electron chi connectivity index (χ1n) is 7.07. The quantitative estimate of drug-likeness (QED) is 0.678. The zero-order valence-corrected chi connectivity index (χ0v) is 13.8. The number of thioether (sulfide) groups is 1. The van der Waals surface area contributed by atoms with Crippen LogP contribution in [0.2, 0.25) is 5.02 Å². The number of nitrogens with zero attached hydrogens (tertiary/aromatic N) is 2. The van der Waals surface area contributed by atoms with Crippen LogP contribution in [-0.4, -0.2) is 22.9 Å². The second-order valence-electron chi connectivity index (χ2n) is 4.91. The summed E-state index contributed by atoms with van der Waals surface area (Å²) in [7, 11) is 0. The lowest BCUT2D eigenvalue weighted by Gasteiger charge is -2.00. The van der Waals surface area contributed by atoms with Gasteiger partial charge in [-0.15, -0.1) is 11.8 Å². The molecule has 0 bridgehead atoms. The fourth-order valence-corrected chi connectivity index (χ4v) is 3.09. The highest BCUT2D eigenvalue weighted by Crippen LogP contribution is 2.29. The van der Waals surface area contributed by atoms with Gasteiger partial charge in [0, 0.05) is 17.0 Å². The number of nitrogens with one attached hydrogen (secondary N) is 1. The molecule has 0 aliphatic carbocycles. The summed E-state index contributed by atoms with van der Waals surface area (Å²) in [5.74, 6) is 0.115. The van der Waals surface area contributed by atoms with Crippen molar-refractivity contribution in [3.8, 4) is 0 Å². The summed E-state index contributed by atoms with van der Waals surface area (Å²) in [5.41, 5.74) is 5.46. The van der Waals surface area contributed by atoms with Crippen LogP contribution >= 0.6 is 23.4 Å². The summed E-state index contributed by atoms with van der Waals surface area (Å²) < 4.78 is 0. The van der Waals surface area contributed by atoms with Crippen LogP contribution in [0, 0.1) is 0 Å². The normalized spacial score (nSPS) is 13.0. The molecule has 0 saturated carbocycles. The van der Waals surface area contributed by atoms with E-state index in [0.717, 1.165) is 22.7 Å². The van der Waals surface area contributed by atoms with Gasteiger partial charge in [0.1, 0.15) is 0 Å². The minimum Gasteiger partial charge on any atom is -0.272 e. The summed E-state index contributed by atoms with van der Waals surface area (Å²) >= 11 is 7.44. The maximum absolute atomic E-state index is 11.8. The molecule has 0 unspecified atom stereocenters. The molecule has 0 spiro atoms. The van der Waals surface area contributed by atoms with Crippen molar-refractivity contribution in [1.29, 1.82) is 0 Å². The number of hydrogen-bond donors (Lipinski definition) is 1. The minimum absolute atomic E-state index is 0.169. The average molecular weight is 344 g/mol. The van der Waals surface area contributed by atoms with Crippen LogP contribution in [0.1, 0.15) is 11.1 Å². The molecule has 0 aromatic heterocycles. The third-order valence-corrected chi connectivity index (χ3v) is 4.57. The van der Waals surface area contributed by atoms with Gasteiger partial charge >= 0.3 is 0 Å². The standard InChI is InChI=1S/C17H14ClN3OS/c18-14-7-3-1-6-13(14)10-19-21-16(22)11-23-17-9-12-5-2-4-8-15(12)20-17/h1-8,10H,9,11H2,(H,21,22)/b19-10+. The zero-order chi connectivity index (χ0) is 16.1. The van der Waals surface area contributed by atoms with Crippen molar-refractivity contribution >= 4 is 46.2 Å². The number of benzene rings is 2. The number of rotatable bonds is 4. The van der Waals surface area contributed by atoms with Gasteiger partial charge in [-0.05, 0) is 17.7 Å². The molecule has 2 aromatic rings. The molecule has 1 N–H and O–H groups in total. The maximum Gasteiger partial charge on any atom is 0.250 e. The van der Waals surface area contributed by atoms with Crippen LogP contribution in [0.15, 0.2) is 58.6 Å². The molecule has 1 amide bonds. The number of carbonyl (C=O) groups is 1. The van der Waals surface area contributed by atoms with Gasteiger partial charge in [-0.1, -0.05) is 48.0 Å². The second kappa shape index (κ2) is 7.44. The predicted octanol–water partition coefficient (Wildman–Crippen LogP) is 3.81. The van der Waals surface area contributed by atoms with Crippen LogP contribution in [-0.2, 0) is 11.2 Å². The van der Waals surface area contributed by atoms with Gasteiger partial charge in [0.2, 0.25) is 5.91 Å². The lowest BCUT2D eigenvalue weighted by molar-refractivity contribution is -0.118. The number of hydrazone groups is 1. The van der Waals surface area contributed by atoms with E-state index in [1.165, 1.54) is 23.5 Å². The molecule has 0 fully saturated rings. The Morgan fingerprint density at radius 2 is 2.04 bits per heavy atom. The first kappa shape index (κ1) is 15.8. The van der Waals surface area contributed by atoms with Crippen LogP contribution in [0.3, 0.4) is 0 Å². The molecule has 1 aliphatic rings. The third kappa shape index (κ3) is 4.21. The summed E-state index contributed by atoms with van der Waals surface area (Å²) in [6.07, 6.45) is 2.32. The van der Waals surface area contributed by atoms with Crippen molar-refractivity contribution in [3.05, 3.63) is 64.7 Å². The first-order valence-corrected chi connectivity index (χ1v) is 8.43. The van der Waals surface area contributed by atoms with Gasteiger partial charge in [0.25, 0.3) is 0 Å². The molecule has 0 saturated heterocycles. The Bertz CT molecular complexity index is 789. The van der Waals surface area contributed by atoms with Crippen LogP contribution in [0.25, 0.3) is 0 Å². The predicted molar refractivity (Wildman–Crippen MR) is 96.9 cm³/mol. The Morgan fingerprint density at radius 1 is 1.26 bits per heavy atom. The number of carbonyl (C=O) groups excluding carboxylic acids is 1. The van der Waals surface area contributed by atoms with Crippen molar-refractivity contribution in [3.63, 3.8) is 0 Å².